The highest BCUT2D eigenvalue weighted by atomic mass is 127. The van der Waals surface area contributed by atoms with E-state index in [1.807, 2.05) is 24.3 Å². The summed E-state index contributed by atoms with van der Waals surface area (Å²) < 4.78 is 15.7. The Morgan fingerprint density at radius 1 is 1.38 bits per heavy atom. The van der Waals surface area contributed by atoms with Crippen molar-refractivity contribution < 1.29 is 4.39 Å². The zero-order valence-electron chi connectivity index (χ0n) is 9.26. The molecule has 0 amide bonds. The molecule has 1 aliphatic rings. The molecule has 1 nitrogen and oxygen atoms in total. The van der Waals surface area contributed by atoms with Gasteiger partial charge in [0.15, 0.2) is 0 Å². The van der Waals surface area contributed by atoms with Crippen LogP contribution < -0.4 is 5.73 Å². The van der Waals surface area contributed by atoms with Gasteiger partial charge in [-0.3, -0.25) is 0 Å². The van der Waals surface area contributed by atoms with Crippen LogP contribution in [0.25, 0.3) is 0 Å². The molecule has 2 rings (SSSR count). The highest BCUT2D eigenvalue weighted by Crippen LogP contribution is 2.34. The second-order valence-corrected chi connectivity index (χ2v) is 6.06. The van der Waals surface area contributed by atoms with Crippen LogP contribution in [0.3, 0.4) is 0 Å². The molecule has 0 radical (unpaired) electrons. The van der Waals surface area contributed by atoms with Crippen LogP contribution in [-0.4, -0.2) is 11.7 Å². The van der Waals surface area contributed by atoms with Crippen molar-refractivity contribution in [2.75, 3.05) is 0 Å². The number of hydrogen-bond donors (Lipinski definition) is 1. The quantitative estimate of drug-likeness (QED) is 0.825. The van der Waals surface area contributed by atoms with Crippen LogP contribution in [0, 0.1) is 3.57 Å². The molecule has 0 aliphatic heterocycles. The first-order valence-electron chi connectivity index (χ1n) is 5.76. The minimum absolute atomic E-state index is 0.0441. The molecule has 3 heteroatoms. The third-order valence-electron chi connectivity index (χ3n) is 3.26. The van der Waals surface area contributed by atoms with Crippen molar-refractivity contribution in [2.45, 2.75) is 43.8 Å². The maximum absolute atomic E-state index is 14.5. The van der Waals surface area contributed by atoms with Gasteiger partial charge in [-0.1, -0.05) is 12.1 Å². The van der Waals surface area contributed by atoms with Gasteiger partial charge in [0.2, 0.25) is 0 Å². The lowest BCUT2D eigenvalue weighted by Crippen LogP contribution is -2.39. The molecule has 1 fully saturated rings. The van der Waals surface area contributed by atoms with E-state index in [9.17, 15) is 4.39 Å². The van der Waals surface area contributed by atoms with Crippen molar-refractivity contribution in [3.05, 3.63) is 33.4 Å². The molecule has 2 atom stereocenters. The number of benzene rings is 1. The molecule has 2 N–H and O–H groups in total. The van der Waals surface area contributed by atoms with Crippen LogP contribution in [-0.2, 0) is 6.42 Å². The molecule has 16 heavy (non-hydrogen) atoms. The Hall–Kier alpha value is -0.160. The van der Waals surface area contributed by atoms with E-state index in [0.717, 1.165) is 18.4 Å². The Kier molecular flexibility index (Phi) is 3.85. The second-order valence-electron chi connectivity index (χ2n) is 4.81. The number of alkyl halides is 1. The normalized spacial score (nSPS) is 30.3. The van der Waals surface area contributed by atoms with Gasteiger partial charge < -0.3 is 5.73 Å². The predicted octanol–water partition coefficient (Wildman–Crippen LogP) is 3.44. The second kappa shape index (κ2) is 5.00. The smallest absolute Gasteiger partial charge is 0.116 e. The Balaban J connectivity index is 2.05. The van der Waals surface area contributed by atoms with E-state index in [2.05, 4.69) is 22.6 Å². The summed E-state index contributed by atoms with van der Waals surface area (Å²) in [5, 5.41) is 0. The van der Waals surface area contributed by atoms with Gasteiger partial charge in [-0.2, -0.15) is 0 Å². The summed E-state index contributed by atoms with van der Waals surface area (Å²) in [6, 6.07) is 8.14. The molecule has 1 aromatic carbocycles. The molecule has 0 aromatic heterocycles. The van der Waals surface area contributed by atoms with Crippen molar-refractivity contribution in [1.82, 2.24) is 0 Å². The SMILES string of the molecule is NC1CCCC(F)(Cc2ccc(I)cc2)C1. The van der Waals surface area contributed by atoms with Gasteiger partial charge >= 0.3 is 0 Å². The monoisotopic (exact) mass is 333 g/mol. The number of halogens is 2. The van der Waals surface area contributed by atoms with E-state index in [-0.39, 0.29) is 6.04 Å². The summed E-state index contributed by atoms with van der Waals surface area (Å²) in [4.78, 5) is 0. The molecule has 2 unspecified atom stereocenters. The van der Waals surface area contributed by atoms with Gasteiger partial charge in [0.05, 0.1) is 0 Å². The fraction of sp³-hybridized carbons (Fsp3) is 0.538. The van der Waals surface area contributed by atoms with E-state index < -0.39 is 5.67 Å². The molecular formula is C13H17FIN. The zero-order chi connectivity index (χ0) is 11.6. The van der Waals surface area contributed by atoms with Crippen LogP contribution >= 0.6 is 22.6 Å². The third-order valence-corrected chi connectivity index (χ3v) is 3.98. The topological polar surface area (TPSA) is 26.0 Å². The van der Waals surface area contributed by atoms with Gasteiger partial charge in [0.1, 0.15) is 5.67 Å². The average molecular weight is 333 g/mol. The Morgan fingerprint density at radius 3 is 2.69 bits per heavy atom. The molecule has 88 valence electrons. The maximum atomic E-state index is 14.5. The molecule has 1 aliphatic carbocycles. The van der Waals surface area contributed by atoms with Crippen LogP contribution in [0.15, 0.2) is 24.3 Å². The van der Waals surface area contributed by atoms with Gasteiger partial charge in [0, 0.05) is 16.0 Å². The summed E-state index contributed by atoms with van der Waals surface area (Å²) >= 11 is 2.26. The molecule has 0 heterocycles. The maximum Gasteiger partial charge on any atom is 0.116 e. The van der Waals surface area contributed by atoms with Crippen LogP contribution in [0.2, 0.25) is 0 Å². The summed E-state index contributed by atoms with van der Waals surface area (Å²) in [6.45, 7) is 0. The van der Waals surface area contributed by atoms with Crippen molar-refractivity contribution in [3.63, 3.8) is 0 Å². The minimum atomic E-state index is -1.08. The van der Waals surface area contributed by atoms with Crippen molar-refractivity contribution in [1.29, 1.82) is 0 Å². The van der Waals surface area contributed by atoms with Crippen molar-refractivity contribution in [3.8, 4) is 0 Å². The summed E-state index contributed by atoms with van der Waals surface area (Å²) in [6.07, 6.45) is 3.57. The van der Waals surface area contributed by atoms with E-state index >= 15 is 0 Å². The Morgan fingerprint density at radius 2 is 2.06 bits per heavy atom. The highest BCUT2D eigenvalue weighted by molar-refractivity contribution is 14.1. The standard InChI is InChI=1S/C13H17FIN/c14-13(7-1-2-12(16)9-13)8-10-3-5-11(15)6-4-10/h3-6,12H,1-2,7-9,16H2. The minimum Gasteiger partial charge on any atom is -0.328 e. The lowest BCUT2D eigenvalue weighted by Gasteiger charge is -2.33. The van der Waals surface area contributed by atoms with Crippen LogP contribution in [0.4, 0.5) is 4.39 Å². The Labute approximate surface area is 110 Å². The molecule has 0 spiro atoms. The van der Waals surface area contributed by atoms with Gasteiger partial charge in [-0.25, -0.2) is 4.39 Å². The molecule has 0 bridgehead atoms. The van der Waals surface area contributed by atoms with Gasteiger partial charge in [-0.15, -0.1) is 0 Å². The largest absolute Gasteiger partial charge is 0.328 e. The predicted molar refractivity (Wildman–Crippen MR) is 73.1 cm³/mol. The fourth-order valence-corrected chi connectivity index (χ4v) is 2.84. The van der Waals surface area contributed by atoms with Crippen LogP contribution in [0.1, 0.15) is 31.2 Å². The average Bonchev–Trinajstić information content (AvgIpc) is 2.21. The lowest BCUT2D eigenvalue weighted by atomic mass is 9.80. The number of hydrogen-bond acceptors (Lipinski definition) is 1. The lowest BCUT2D eigenvalue weighted by molar-refractivity contribution is 0.0965. The summed E-state index contributed by atoms with van der Waals surface area (Å²) in [5.74, 6) is 0. The van der Waals surface area contributed by atoms with E-state index in [1.165, 1.54) is 3.57 Å². The van der Waals surface area contributed by atoms with Crippen LogP contribution in [0.5, 0.6) is 0 Å². The fourth-order valence-electron chi connectivity index (χ4n) is 2.48. The van der Waals surface area contributed by atoms with Gasteiger partial charge in [0.25, 0.3) is 0 Å². The first-order valence-corrected chi connectivity index (χ1v) is 6.84. The first-order chi connectivity index (χ1) is 7.57. The summed E-state index contributed by atoms with van der Waals surface area (Å²) in [5.41, 5.74) is 5.85. The molecular weight excluding hydrogens is 316 g/mol. The van der Waals surface area contributed by atoms with E-state index in [4.69, 9.17) is 5.73 Å². The van der Waals surface area contributed by atoms with E-state index in [0.29, 0.717) is 19.3 Å². The molecule has 1 saturated carbocycles. The van der Waals surface area contributed by atoms with E-state index in [1.54, 1.807) is 0 Å². The molecule has 1 aromatic rings. The molecule has 0 saturated heterocycles. The number of nitrogens with two attached hydrogens (primary N) is 1. The third kappa shape index (κ3) is 3.17. The zero-order valence-corrected chi connectivity index (χ0v) is 11.4. The first kappa shape index (κ1) is 12.3. The Bertz CT molecular complexity index is 351. The summed E-state index contributed by atoms with van der Waals surface area (Å²) in [7, 11) is 0. The van der Waals surface area contributed by atoms with Gasteiger partial charge in [-0.05, 0) is 66.0 Å². The van der Waals surface area contributed by atoms with Crippen molar-refractivity contribution in [2.24, 2.45) is 5.73 Å². The number of rotatable bonds is 2. The van der Waals surface area contributed by atoms with Crippen molar-refractivity contribution >= 4 is 22.6 Å². The highest BCUT2D eigenvalue weighted by Gasteiger charge is 2.35.